The molecule has 1 rings (SSSR count). The average molecular weight is 320 g/mol. The van der Waals surface area contributed by atoms with Crippen LogP contribution in [0.1, 0.15) is 38.3 Å². The van der Waals surface area contributed by atoms with Crippen molar-refractivity contribution in [3.63, 3.8) is 0 Å². The Kier molecular flexibility index (Phi) is 5.62. The Balaban J connectivity index is 2.65. The number of halogens is 1. The fourth-order valence-corrected chi connectivity index (χ4v) is 3.21. The number of hydrogen-bond donors (Lipinski definition) is 1. The van der Waals surface area contributed by atoms with Gasteiger partial charge in [0.05, 0.1) is 5.75 Å². The summed E-state index contributed by atoms with van der Waals surface area (Å²) >= 11 is 3.35. The van der Waals surface area contributed by atoms with E-state index in [0.29, 0.717) is 6.42 Å². The van der Waals surface area contributed by atoms with Gasteiger partial charge in [-0.3, -0.25) is 0 Å². The fourth-order valence-electron chi connectivity index (χ4n) is 1.48. The summed E-state index contributed by atoms with van der Waals surface area (Å²) in [5.41, 5.74) is 0.966. The molecule has 0 saturated carbocycles. The normalized spacial score (nSPS) is 13.6. The minimum absolute atomic E-state index is 0.190. The van der Waals surface area contributed by atoms with Crippen molar-refractivity contribution in [2.24, 2.45) is 0 Å². The first-order chi connectivity index (χ1) is 7.94. The maximum absolute atomic E-state index is 11.7. The van der Waals surface area contributed by atoms with Crippen LogP contribution >= 0.6 is 15.9 Å². The number of nitrogens with one attached hydrogen (secondary N) is 1. The number of sulfonamides is 1. The SMILES string of the molecule is CCCCS(=O)(=O)NC(C)c1ccc(Br)cc1. The molecule has 0 spiro atoms. The number of rotatable bonds is 6. The van der Waals surface area contributed by atoms with Crippen LogP contribution in [0, 0.1) is 0 Å². The summed E-state index contributed by atoms with van der Waals surface area (Å²) in [7, 11) is -3.16. The smallest absolute Gasteiger partial charge is 0.212 e. The van der Waals surface area contributed by atoms with Crippen LogP contribution in [0.15, 0.2) is 28.7 Å². The van der Waals surface area contributed by atoms with Crippen LogP contribution in [0.5, 0.6) is 0 Å². The van der Waals surface area contributed by atoms with Crippen LogP contribution in [0.25, 0.3) is 0 Å². The van der Waals surface area contributed by atoms with Gasteiger partial charge in [-0.05, 0) is 31.0 Å². The lowest BCUT2D eigenvalue weighted by Gasteiger charge is -2.14. The van der Waals surface area contributed by atoms with Crippen molar-refractivity contribution < 1.29 is 8.42 Å². The van der Waals surface area contributed by atoms with Gasteiger partial charge in [0.25, 0.3) is 0 Å². The van der Waals surface area contributed by atoms with Crippen LogP contribution in [-0.2, 0) is 10.0 Å². The molecule has 0 aliphatic carbocycles. The molecule has 0 heterocycles. The lowest BCUT2D eigenvalue weighted by Crippen LogP contribution is -2.29. The van der Waals surface area contributed by atoms with E-state index in [1.807, 2.05) is 38.1 Å². The van der Waals surface area contributed by atoms with E-state index in [9.17, 15) is 8.42 Å². The van der Waals surface area contributed by atoms with Gasteiger partial charge >= 0.3 is 0 Å². The monoisotopic (exact) mass is 319 g/mol. The highest BCUT2D eigenvalue weighted by molar-refractivity contribution is 9.10. The first-order valence-corrected chi connectivity index (χ1v) is 8.14. The molecule has 1 aromatic rings. The summed E-state index contributed by atoms with van der Waals surface area (Å²) in [6, 6.07) is 7.46. The Labute approximate surface area is 112 Å². The molecule has 0 fully saturated rings. The van der Waals surface area contributed by atoms with Crippen molar-refractivity contribution in [2.45, 2.75) is 32.7 Å². The third kappa shape index (κ3) is 5.19. The van der Waals surface area contributed by atoms with Crippen molar-refractivity contribution in [3.8, 4) is 0 Å². The van der Waals surface area contributed by atoms with Gasteiger partial charge in [-0.25, -0.2) is 13.1 Å². The molecule has 17 heavy (non-hydrogen) atoms. The molecular formula is C12H18BrNO2S. The molecule has 1 atom stereocenters. The molecule has 96 valence electrons. The zero-order valence-electron chi connectivity index (χ0n) is 10.1. The van der Waals surface area contributed by atoms with E-state index in [4.69, 9.17) is 0 Å². The molecular weight excluding hydrogens is 302 g/mol. The highest BCUT2D eigenvalue weighted by atomic mass is 79.9. The minimum atomic E-state index is -3.16. The Morgan fingerprint density at radius 2 is 1.88 bits per heavy atom. The molecule has 1 N–H and O–H groups in total. The first kappa shape index (κ1) is 14.7. The number of benzene rings is 1. The molecule has 0 bridgehead atoms. The summed E-state index contributed by atoms with van der Waals surface area (Å²) < 4.78 is 27.1. The highest BCUT2D eigenvalue weighted by Crippen LogP contribution is 2.17. The molecule has 0 aromatic heterocycles. The second-order valence-corrected chi connectivity index (χ2v) is 6.85. The summed E-state index contributed by atoms with van der Waals surface area (Å²) in [5, 5.41) is 0. The quantitative estimate of drug-likeness (QED) is 0.875. The van der Waals surface area contributed by atoms with Gasteiger partial charge in [-0.2, -0.15) is 0 Å². The van der Waals surface area contributed by atoms with E-state index in [-0.39, 0.29) is 11.8 Å². The molecule has 1 unspecified atom stereocenters. The summed E-state index contributed by atoms with van der Waals surface area (Å²) in [6.07, 6.45) is 1.58. The molecule has 3 nitrogen and oxygen atoms in total. The van der Waals surface area contributed by atoms with Crippen molar-refractivity contribution in [2.75, 3.05) is 5.75 Å². The zero-order chi connectivity index (χ0) is 12.9. The average Bonchev–Trinajstić information content (AvgIpc) is 2.26. The van der Waals surface area contributed by atoms with Gasteiger partial charge < -0.3 is 0 Å². The van der Waals surface area contributed by atoms with Crippen molar-refractivity contribution in [1.82, 2.24) is 4.72 Å². The minimum Gasteiger partial charge on any atom is -0.212 e. The highest BCUT2D eigenvalue weighted by Gasteiger charge is 2.14. The van der Waals surface area contributed by atoms with Gasteiger partial charge in [0.1, 0.15) is 0 Å². The van der Waals surface area contributed by atoms with E-state index in [0.717, 1.165) is 16.5 Å². The van der Waals surface area contributed by atoms with Crippen LogP contribution in [0.4, 0.5) is 0 Å². The topological polar surface area (TPSA) is 46.2 Å². The maximum atomic E-state index is 11.7. The Morgan fingerprint density at radius 3 is 2.41 bits per heavy atom. The molecule has 5 heteroatoms. The molecule has 0 aliphatic heterocycles. The van der Waals surface area contributed by atoms with Crippen LogP contribution in [0.3, 0.4) is 0 Å². The predicted octanol–water partition coefficient (Wildman–Crippen LogP) is 3.23. The second kappa shape index (κ2) is 6.52. The third-order valence-electron chi connectivity index (χ3n) is 2.49. The lowest BCUT2D eigenvalue weighted by atomic mass is 10.1. The number of hydrogen-bond acceptors (Lipinski definition) is 2. The van der Waals surface area contributed by atoms with E-state index < -0.39 is 10.0 Å². The van der Waals surface area contributed by atoms with Crippen LogP contribution in [-0.4, -0.2) is 14.2 Å². The van der Waals surface area contributed by atoms with Crippen molar-refractivity contribution in [1.29, 1.82) is 0 Å². The fraction of sp³-hybridized carbons (Fsp3) is 0.500. The standard InChI is InChI=1S/C12H18BrNO2S/c1-3-4-9-17(15,16)14-10(2)11-5-7-12(13)8-6-11/h5-8,10,14H,3-4,9H2,1-2H3. The lowest BCUT2D eigenvalue weighted by molar-refractivity contribution is 0.564. The number of unbranched alkanes of at least 4 members (excludes halogenated alkanes) is 1. The van der Waals surface area contributed by atoms with Gasteiger partial charge in [-0.15, -0.1) is 0 Å². The van der Waals surface area contributed by atoms with Gasteiger partial charge in [0, 0.05) is 10.5 Å². The summed E-state index contributed by atoms with van der Waals surface area (Å²) in [6.45, 7) is 3.83. The maximum Gasteiger partial charge on any atom is 0.212 e. The van der Waals surface area contributed by atoms with E-state index in [2.05, 4.69) is 20.7 Å². The van der Waals surface area contributed by atoms with Crippen molar-refractivity contribution in [3.05, 3.63) is 34.3 Å². The predicted molar refractivity (Wildman–Crippen MR) is 74.4 cm³/mol. The Bertz CT molecular complexity index is 442. The van der Waals surface area contributed by atoms with E-state index in [1.165, 1.54) is 0 Å². The Morgan fingerprint density at radius 1 is 1.29 bits per heavy atom. The summed E-state index contributed by atoms with van der Waals surface area (Å²) in [4.78, 5) is 0. The molecule has 0 saturated heterocycles. The van der Waals surface area contributed by atoms with Crippen LogP contribution < -0.4 is 4.72 Å². The Hall–Kier alpha value is -0.390. The van der Waals surface area contributed by atoms with Gasteiger partial charge in [0.15, 0.2) is 0 Å². The van der Waals surface area contributed by atoms with Gasteiger partial charge in [0.2, 0.25) is 10.0 Å². The third-order valence-corrected chi connectivity index (χ3v) is 4.56. The van der Waals surface area contributed by atoms with E-state index in [1.54, 1.807) is 0 Å². The molecule has 0 radical (unpaired) electrons. The van der Waals surface area contributed by atoms with Gasteiger partial charge in [-0.1, -0.05) is 41.4 Å². The van der Waals surface area contributed by atoms with E-state index >= 15 is 0 Å². The molecule has 0 amide bonds. The van der Waals surface area contributed by atoms with Crippen molar-refractivity contribution >= 4 is 26.0 Å². The summed E-state index contributed by atoms with van der Waals surface area (Å²) in [5.74, 6) is 0.199. The molecule has 1 aromatic carbocycles. The largest absolute Gasteiger partial charge is 0.212 e. The van der Waals surface area contributed by atoms with Crippen LogP contribution in [0.2, 0.25) is 0 Å². The molecule has 0 aliphatic rings. The zero-order valence-corrected chi connectivity index (χ0v) is 12.5. The second-order valence-electron chi connectivity index (χ2n) is 4.06. The first-order valence-electron chi connectivity index (χ1n) is 5.70.